The Balaban J connectivity index is 2.05. The van der Waals surface area contributed by atoms with Crippen molar-refractivity contribution in [1.82, 2.24) is 20.4 Å². The zero-order chi connectivity index (χ0) is 15.1. The fourth-order valence-electron chi connectivity index (χ4n) is 1.85. The van der Waals surface area contributed by atoms with Crippen molar-refractivity contribution in [3.8, 4) is 5.69 Å². The Morgan fingerprint density at radius 2 is 1.81 bits per heavy atom. The van der Waals surface area contributed by atoms with Crippen LogP contribution in [-0.4, -0.2) is 28.8 Å². The molecule has 5 nitrogen and oxygen atoms in total. The van der Waals surface area contributed by atoms with Crippen molar-refractivity contribution in [1.29, 1.82) is 0 Å². The summed E-state index contributed by atoms with van der Waals surface area (Å²) >= 11 is 0. The van der Waals surface area contributed by atoms with Crippen molar-refractivity contribution in [2.45, 2.75) is 20.4 Å². The highest BCUT2D eigenvalue weighted by Gasteiger charge is 2.02. The summed E-state index contributed by atoms with van der Waals surface area (Å²) in [5, 5.41) is 10.8. The normalized spacial score (nSPS) is 10.2. The standard InChI is InChI=1S/C15H20FN5/c1-3-17-15(18-4-2)19-11-13-9-10-21(20-13)14-7-5-12(16)6-8-14/h5-10H,3-4,11H2,1-2H3,(H2,17,18,19). The largest absolute Gasteiger partial charge is 0.357 e. The molecule has 0 atom stereocenters. The van der Waals surface area contributed by atoms with Crippen LogP contribution in [0, 0.1) is 5.82 Å². The molecule has 1 heterocycles. The van der Waals surface area contributed by atoms with Crippen molar-refractivity contribution in [2.75, 3.05) is 13.1 Å². The summed E-state index contributed by atoms with van der Waals surface area (Å²) in [6.45, 7) is 6.17. The smallest absolute Gasteiger partial charge is 0.191 e. The summed E-state index contributed by atoms with van der Waals surface area (Å²) in [6.07, 6.45) is 1.85. The van der Waals surface area contributed by atoms with Gasteiger partial charge in [-0.3, -0.25) is 0 Å². The van der Waals surface area contributed by atoms with Crippen molar-refractivity contribution < 1.29 is 4.39 Å². The molecule has 0 aliphatic carbocycles. The second-order valence-electron chi connectivity index (χ2n) is 4.45. The van der Waals surface area contributed by atoms with Crippen LogP contribution in [-0.2, 0) is 6.54 Å². The number of aliphatic imine (C=N–C) groups is 1. The van der Waals surface area contributed by atoms with Gasteiger partial charge in [0.2, 0.25) is 0 Å². The zero-order valence-corrected chi connectivity index (χ0v) is 12.3. The molecule has 0 radical (unpaired) electrons. The van der Waals surface area contributed by atoms with Gasteiger partial charge < -0.3 is 10.6 Å². The van der Waals surface area contributed by atoms with Crippen molar-refractivity contribution in [2.24, 2.45) is 4.99 Å². The predicted octanol–water partition coefficient (Wildman–Crippen LogP) is 2.09. The summed E-state index contributed by atoms with van der Waals surface area (Å²) in [5.41, 5.74) is 1.68. The SMILES string of the molecule is CCNC(=NCc1ccn(-c2ccc(F)cc2)n1)NCC. The highest BCUT2D eigenvalue weighted by atomic mass is 19.1. The van der Waals surface area contributed by atoms with E-state index in [-0.39, 0.29) is 5.82 Å². The fourth-order valence-corrected chi connectivity index (χ4v) is 1.85. The molecule has 0 fully saturated rings. The lowest BCUT2D eigenvalue weighted by Gasteiger charge is -2.08. The Hall–Kier alpha value is -2.37. The van der Waals surface area contributed by atoms with Crippen molar-refractivity contribution in [3.05, 3.63) is 48.0 Å². The highest BCUT2D eigenvalue weighted by molar-refractivity contribution is 5.79. The molecule has 1 aromatic heterocycles. The molecule has 21 heavy (non-hydrogen) atoms. The Kier molecular flexibility index (Phi) is 5.31. The molecular formula is C15H20FN5. The topological polar surface area (TPSA) is 54.2 Å². The number of nitrogens with one attached hydrogen (secondary N) is 2. The lowest BCUT2D eigenvalue weighted by Crippen LogP contribution is -2.36. The second kappa shape index (κ2) is 7.42. The third kappa shape index (κ3) is 4.30. The van der Waals surface area contributed by atoms with Crippen LogP contribution in [0.15, 0.2) is 41.5 Å². The molecule has 0 aliphatic heterocycles. The molecule has 0 spiro atoms. The molecule has 6 heteroatoms. The van der Waals surface area contributed by atoms with Gasteiger partial charge in [-0.1, -0.05) is 0 Å². The number of hydrogen-bond acceptors (Lipinski definition) is 2. The van der Waals surface area contributed by atoms with Crippen LogP contribution in [0.4, 0.5) is 4.39 Å². The average molecular weight is 289 g/mol. The van der Waals surface area contributed by atoms with Gasteiger partial charge >= 0.3 is 0 Å². The lowest BCUT2D eigenvalue weighted by atomic mass is 10.3. The number of rotatable bonds is 5. The number of halogens is 1. The molecule has 2 aromatic rings. The van der Waals surface area contributed by atoms with E-state index in [2.05, 4.69) is 20.7 Å². The summed E-state index contributed by atoms with van der Waals surface area (Å²) in [5.74, 6) is 0.521. The van der Waals surface area contributed by atoms with Gasteiger partial charge in [0, 0.05) is 19.3 Å². The number of benzene rings is 1. The minimum Gasteiger partial charge on any atom is -0.357 e. The monoisotopic (exact) mass is 289 g/mol. The van der Waals surface area contributed by atoms with E-state index in [1.807, 2.05) is 26.1 Å². The van der Waals surface area contributed by atoms with Gasteiger partial charge in [-0.2, -0.15) is 5.10 Å². The molecule has 1 aromatic carbocycles. The van der Waals surface area contributed by atoms with Gasteiger partial charge in [0.1, 0.15) is 5.82 Å². The van der Waals surface area contributed by atoms with E-state index in [4.69, 9.17) is 0 Å². The first-order valence-corrected chi connectivity index (χ1v) is 7.05. The molecule has 0 bridgehead atoms. The quantitative estimate of drug-likeness (QED) is 0.654. The Bertz CT molecular complexity index is 580. The lowest BCUT2D eigenvalue weighted by molar-refractivity contribution is 0.627. The minimum atomic E-state index is -0.253. The average Bonchev–Trinajstić information content (AvgIpc) is 2.95. The van der Waals surface area contributed by atoms with Crippen molar-refractivity contribution in [3.63, 3.8) is 0 Å². The van der Waals surface area contributed by atoms with E-state index >= 15 is 0 Å². The molecule has 0 unspecified atom stereocenters. The second-order valence-corrected chi connectivity index (χ2v) is 4.45. The van der Waals surface area contributed by atoms with Crippen LogP contribution in [0.2, 0.25) is 0 Å². The van der Waals surface area contributed by atoms with Gasteiger partial charge in [-0.25, -0.2) is 14.1 Å². The van der Waals surface area contributed by atoms with Gasteiger partial charge in [0.25, 0.3) is 0 Å². The number of hydrogen-bond donors (Lipinski definition) is 2. The summed E-state index contributed by atoms with van der Waals surface area (Å²) < 4.78 is 14.6. The number of nitrogens with zero attached hydrogens (tertiary/aromatic N) is 3. The van der Waals surface area contributed by atoms with Crippen LogP contribution in [0.3, 0.4) is 0 Å². The Labute approximate surface area is 123 Å². The van der Waals surface area contributed by atoms with Gasteiger partial charge in [0.15, 0.2) is 5.96 Å². The van der Waals surface area contributed by atoms with E-state index in [1.165, 1.54) is 12.1 Å². The van der Waals surface area contributed by atoms with Crippen LogP contribution < -0.4 is 10.6 Å². The zero-order valence-electron chi connectivity index (χ0n) is 12.3. The molecule has 0 aliphatic rings. The van der Waals surface area contributed by atoms with E-state index in [1.54, 1.807) is 16.8 Å². The molecule has 0 amide bonds. The maximum atomic E-state index is 12.9. The molecule has 112 valence electrons. The third-order valence-corrected chi connectivity index (χ3v) is 2.82. The third-order valence-electron chi connectivity index (χ3n) is 2.82. The molecule has 0 saturated carbocycles. The van der Waals surface area contributed by atoms with E-state index in [0.29, 0.717) is 6.54 Å². The number of aromatic nitrogens is 2. The minimum absolute atomic E-state index is 0.253. The summed E-state index contributed by atoms with van der Waals surface area (Å²) in [7, 11) is 0. The molecular weight excluding hydrogens is 269 g/mol. The van der Waals surface area contributed by atoms with Crippen LogP contribution in [0.5, 0.6) is 0 Å². The Morgan fingerprint density at radius 3 is 2.43 bits per heavy atom. The van der Waals surface area contributed by atoms with Gasteiger partial charge in [-0.15, -0.1) is 0 Å². The van der Waals surface area contributed by atoms with Crippen molar-refractivity contribution >= 4 is 5.96 Å². The summed E-state index contributed by atoms with van der Waals surface area (Å²) in [6, 6.07) is 8.13. The van der Waals surface area contributed by atoms with E-state index in [9.17, 15) is 4.39 Å². The first-order valence-electron chi connectivity index (χ1n) is 7.05. The molecule has 2 N–H and O–H groups in total. The Morgan fingerprint density at radius 1 is 1.14 bits per heavy atom. The number of guanidine groups is 1. The summed E-state index contributed by atoms with van der Waals surface area (Å²) in [4.78, 5) is 4.45. The predicted molar refractivity (Wildman–Crippen MR) is 82.0 cm³/mol. The highest BCUT2D eigenvalue weighted by Crippen LogP contribution is 2.09. The molecule has 2 rings (SSSR count). The first-order chi connectivity index (χ1) is 10.2. The van der Waals surface area contributed by atoms with E-state index in [0.717, 1.165) is 30.4 Å². The molecule has 0 saturated heterocycles. The first kappa shape index (κ1) is 15.0. The van der Waals surface area contributed by atoms with Crippen LogP contribution in [0.25, 0.3) is 5.69 Å². The van der Waals surface area contributed by atoms with Gasteiger partial charge in [-0.05, 0) is 44.2 Å². The fraction of sp³-hybridized carbons (Fsp3) is 0.333. The maximum Gasteiger partial charge on any atom is 0.191 e. The van der Waals surface area contributed by atoms with E-state index < -0.39 is 0 Å². The van der Waals surface area contributed by atoms with Gasteiger partial charge in [0.05, 0.1) is 17.9 Å². The maximum absolute atomic E-state index is 12.9. The van der Waals surface area contributed by atoms with Crippen LogP contribution in [0.1, 0.15) is 19.5 Å². The van der Waals surface area contributed by atoms with Crippen LogP contribution >= 0.6 is 0 Å².